The summed E-state index contributed by atoms with van der Waals surface area (Å²) in [6, 6.07) is 22.0. The number of amides is 1. The van der Waals surface area contributed by atoms with Crippen molar-refractivity contribution in [1.82, 2.24) is 9.88 Å². The van der Waals surface area contributed by atoms with Crippen molar-refractivity contribution < 1.29 is 9.53 Å². The highest BCUT2D eigenvalue weighted by Crippen LogP contribution is 2.39. The maximum atomic E-state index is 12.9. The first-order valence-corrected chi connectivity index (χ1v) is 12.4. The molecule has 0 aliphatic carbocycles. The first-order chi connectivity index (χ1) is 15.7. The van der Waals surface area contributed by atoms with Gasteiger partial charge >= 0.3 is 0 Å². The lowest BCUT2D eigenvalue weighted by Crippen LogP contribution is -2.18. The Morgan fingerprint density at radius 3 is 2.58 bits per heavy atom. The van der Waals surface area contributed by atoms with Gasteiger partial charge in [-0.15, -0.1) is 24.2 Å². The number of hydrogen-bond donors (Lipinski definition) is 1. The van der Waals surface area contributed by atoms with Crippen LogP contribution >= 0.6 is 35.5 Å². The van der Waals surface area contributed by atoms with Crippen molar-refractivity contribution in [3.8, 4) is 16.9 Å². The van der Waals surface area contributed by atoms with Crippen LogP contribution in [0.5, 0.6) is 5.75 Å². The number of anilines is 1. The molecule has 0 spiro atoms. The van der Waals surface area contributed by atoms with Gasteiger partial charge < -0.3 is 4.74 Å². The third kappa shape index (κ3) is 5.17. The van der Waals surface area contributed by atoms with Gasteiger partial charge in [-0.3, -0.25) is 15.0 Å². The number of nitrogens with one attached hydrogen (secondary N) is 1. The van der Waals surface area contributed by atoms with Crippen molar-refractivity contribution in [2.45, 2.75) is 6.54 Å². The molecule has 5 nitrogen and oxygen atoms in total. The summed E-state index contributed by atoms with van der Waals surface area (Å²) in [6.45, 7) is 2.05. The number of thiazole rings is 1. The molecule has 1 N–H and O–H groups in total. The number of halogens is 1. The summed E-state index contributed by atoms with van der Waals surface area (Å²) >= 11 is 3.43. The number of nitrogens with zero attached hydrogens (tertiary/aromatic N) is 2. The number of methoxy groups -OCH3 is 1. The van der Waals surface area contributed by atoms with Crippen LogP contribution in [0.4, 0.5) is 5.13 Å². The van der Waals surface area contributed by atoms with Gasteiger partial charge in [-0.25, -0.2) is 4.98 Å². The van der Waals surface area contributed by atoms with Gasteiger partial charge in [0, 0.05) is 35.8 Å². The summed E-state index contributed by atoms with van der Waals surface area (Å²) in [5, 5.41) is 3.53. The number of hydrogen-bond acceptors (Lipinski definition) is 6. The van der Waals surface area contributed by atoms with Gasteiger partial charge in [-0.2, -0.15) is 0 Å². The Labute approximate surface area is 207 Å². The standard InChI is InChI=1S/C25H23N3O2S2.ClH/c1-30-21-12-11-20(18-5-3-2-4-6-18)23-22(21)26-25(32-23)27-24(29)19-9-7-17(8-10-19)15-28-13-14-31-16-28;/h2-12H,13-16H2,1H3,(H,26,27,29);1H. The van der Waals surface area contributed by atoms with E-state index in [9.17, 15) is 4.79 Å². The molecule has 1 aliphatic rings. The summed E-state index contributed by atoms with van der Waals surface area (Å²) in [5.41, 5.74) is 4.78. The van der Waals surface area contributed by atoms with Gasteiger partial charge in [-0.1, -0.05) is 53.8 Å². The Morgan fingerprint density at radius 2 is 1.88 bits per heavy atom. The smallest absolute Gasteiger partial charge is 0.257 e. The lowest BCUT2D eigenvalue weighted by atomic mass is 10.1. The number of benzene rings is 3. The van der Waals surface area contributed by atoms with Gasteiger partial charge in [0.25, 0.3) is 5.91 Å². The number of ether oxygens (including phenoxy) is 1. The van der Waals surface area contributed by atoms with Crippen LogP contribution in [0, 0.1) is 0 Å². The van der Waals surface area contributed by atoms with Crippen LogP contribution in [0.2, 0.25) is 0 Å². The van der Waals surface area contributed by atoms with E-state index in [2.05, 4.69) is 27.3 Å². The number of thioether (sulfide) groups is 1. The van der Waals surface area contributed by atoms with Crippen molar-refractivity contribution in [2.24, 2.45) is 0 Å². The van der Waals surface area contributed by atoms with Crippen LogP contribution in [0.3, 0.4) is 0 Å². The van der Waals surface area contributed by atoms with E-state index >= 15 is 0 Å². The van der Waals surface area contributed by atoms with Gasteiger partial charge in [-0.05, 0) is 35.4 Å². The van der Waals surface area contributed by atoms with Crippen molar-refractivity contribution in [3.63, 3.8) is 0 Å². The Hall–Kier alpha value is -2.58. The van der Waals surface area contributed by atoms with E-state index < -0.39 is 0 Å². The van der Waals surface area contributed by atoms with Crippen LogP contribution in [0.25, 0.3) is 21.3 Å². The molecular weight excluding hydrogens is 474 g/mol. The third-order valence-corrected chi connectivity index (χ3v) is 7.50. The van der Waals surface area contributed by atoms with E-state index in [1.54, 1.807) is 7.11 Å². The fraction of sp³-hybridized carbons (Fsp3) is 0.200. The maximum absolute atomic E-state index is 12.9. The number of fused-ring (bicyclic) bond motifs is 1. The minimum Gasteiger partial charge on any atom is -0.494 e. The predicted molar refractivity (Wildman–Crippen MR) is 141 cm³/mol. The molecule has 0 atom stereocenters. The number of carbonyl (C=O) groups excluding carboxylic acids is 1. The lowest BCUT2D eigenvalue weighted by molar-refractivity contribution is 0.102. The zero-order valence-electron chi connectivity index (χ0n) is 18.1. The Morgan fingerprint density at radius 1 is 1.09 bits per heavy atom. The van der Waals surface area contributed by atoms with Crippen LogP contribution in [0.15, 0.2) is 66.7 Å². The molecule has 1 aromatic heterocycles. The first-order valence-electron chi connectivity index (χ1n) is 10.4. The fourth-order valence-electron chi connectivity index (χ4n) is 3.81. The largest absolute Gasteiger partial charge is 0.494 e. The molecule has 4 aromatic rings. The molecule has 0 unspecified atom stereocenters. The number of aromatic nitrogens is 1. The van der Waals surface area contributed by atoms with E-state index in [1.807, 2.05) is 66.4 Å². The molecule has 1 aliphatic heterocycles. The second-order valence-corrected chi connectivity index (χ2v) is 9.69. The molecule has 33 heavy (non-hydrogen) atoms. The molecule has 0 bridgehead atoms. The van der Waals surface area contributed by atoms with Crippen LogP contribution in [-0.2, 0) is 6.54 Å². The van der Waals surface area contributed by atoms with Gasteiger partial charge in [0.1, 0.15) is 11.3 Å². The normalized spacial score (nSPS) is 13.6. The molecule has 2 heterocycles. The number of carbonyl (C=O) groups is 1. The van der Waals surface area contributed by atoms with Crippen molar-refractivity contribution in [2.75, 3.05) is 30.6 Å². The third-order valence-electron chi connectivity index (χ3n) is 5.48. The average molecular weight is 498 g/mol. The molecule has 3 aromatic carbocycles. The molecule has 0 saturated carbocycles. The Kier molecular flexibility index (Phi) is 7.55. The lowest BCUT2D eigenvalue weighted by Gasteiger charge is -2.13. The highest BCUT2D eigenvalue weighted by molar-refractivity contribution is 7.99. The quantitative estimate of drug-likeness (QED) is 0.346. The van der Waals surface area contributed by atoms with Crippen LogP contribution in [-0.4, -0.2) is 41.1 Å². The van der Waals surface area contributed by atoms with E-state index in [0.29, 0.717) is 16.4 Å². The van der Waals surface area contributed by atoms with Crippen LogP contribution in [0.1, 0.15) is 15.9 Å². The summed E-state index contributed by atoms with van der Waals surface area (Å²) in [4.78, 5) is 20.0. The van der Waals surface area contributed by atoms with Gasteiger partial charge in [0.2, 0.25) is 0 Å². The van der Waals surface area contributed by atoms with E-state index in [0.717, 1.165) is 40.3 Å². The zero-order chi connectivity index (χ0) is 21.9. The molecular formula is C25H24ClN3O2S2. The summed E-state index contributed by atoms with van der Waals surface area (Å²) < 4.78 is 6.51. The zero-order valence-corrected chi connectivity index (χ0v) is 20.6. The summed E-state index contributed by atoms with van der Waals surface area (Å²) in [5.74, 6) is 2.81. The summed E-state index contributed by atoms with van der Waals surface area (Å²) in [6.07, 6.45) is 0. The monoisotopic (exact) mass is 497 g/mol. The topological polar surface area (TPSA) is 54.5 Å². The highest BCUT2D eigenvalue weighted by Gasteiger charge is 2.17. The van der Waals surface area contributed by atoms with Gasteiger partial charge in [0.05, 0.1) is 11.8 Å². The summed E-state index contributed by atoms with van der Waals surface area (Å²) in [7, 11) is 1.64. The van der Waals surface area contributed by atoms with E-state index in [4.69, 9.17) is 4.74 Å². The van der Waals surface area contributed by atoms with E-state index in [1.165, 1.54) is 22.7 Å². The Bertz CT molecular complexity index is 1240. The molecule has 0 radical (unpaired) electrons. The maximum Gasteiger partial charge on any atom is 0.257 e. The number of rotatable bonds is 6. The van der Waals surface area contributed by atoms with Gasteiger partial charge in [0.15, 0.2) is 5.13 Å². The molecule has 170 valence electrons. The minimum absolute atomic E-state index is 0. The van der Waals surface area contributed by atoms with Crippen LogP contribution < -0.4 is 10.1 Å². The molecule has 1 saturated heterocycles. The second kappa shape index (κ2) is 10.6. The SMILES string of the molecule is COc1ccc(-c2ccccc2)c2sc(NC(=O)c3ccc(CN4CCSC4)cc3)nc12.Cl. The molecule has 8 heteroatoms. The molecule has 5 rings (SSSR count). The second-order valence-electron chi connectivity index (χ2n) is 7.62. The average Bonchev–Trinajstić information content (AvgIpc) is 3.49. The Balaban J connectivity index is 0.00000259. The van der Waals surface area contributed by atoms with Crippen molar-refractivity contribution in [1.29, 1.82) is 0 Å². The first kappa shape index (κ1) is 23.6. The van der Waals surface area contributed by atoms with E-state index in [-0.39, 0.29) is 18.3 Å². The highest BCUT2D eigenvalue weighted by atomic mass is 35.5. The van der Waals surface area contributed by atoms with Crippen molar-refractivity contribution >= 4 is 56.8 Å². The minimum atomic E-state index is -0.160. The fourth-order valence-corrected chi connectivity index (χ4v) is 5.82. The van der Waals surface area contributed by atoms with Crippen molar-refractivity contribution in [3.05, 3.63) is 77.9 Å². The molecule has 1 fully saturated rings. The molecule has 1 amide bonds. The predicted octanol–water partition coefficient (Wildman–Crippen LogP) is 6.15.